The van der Waals surface area contributed by atoms with Crippen molar-refractivity contribution in [2.45, 2.75) is 57.4 Å². The van der Waals surface area contributed by atoms with Gasteiger partial charge in [-0.15, -0.1) is 0 Å². The molecule has 2 fully saturated rings. The van der Waals surface area contributed by atoms with Gasteiger partial charge in [0.25, 0.3) is 5.91 Å². The molecule has 2 saturated heterocycles. The molecule has 134 valence electrons. The number of amides is 2. The van der Waals surface area contributed by atoms with E-state index in [0.29, 0.717) is 19.4 Å². The highest BCUT2D eigenvalue weighted by atomic mass is 16.6. The highest BCUT2D eigenvalue weighted by Crippen LogP contribution is 2.34. The van der Waals surface area contributed by atoms with Crippen LogP contribution in [0.4, 0.5) is 0 Å². The van der Waals surface area contributed by atoms with Gasteiger partial charge in [0.05, 0.1) is 6.04 Å². The van der Waals surface area contributed by atoms with Gasteiger partial charge >= 0.3 is 0 Å². The monoisotopic (exact) mass is 339 g/mol. The Bertz CT molecular complexity index is 558. The highest BCUT2D eigenvalue weighted by Gasteiger charge is 2.61. The lowest BCUT2D eigenvalue weighted by Gasteiger charge is -2.33. The third-order valence-electron chi connectivity index (χ3n) is 4.10. The molecule has 0 spiro atoms. The van der Waals surface area contributed by atoms with Crippen LogP contribution in [0.15, 0.2) is 4.99 Å². The number of Topliss-reactive ketones (excluding diaryl/α,β-unsaturated/α-hetero) is 1. The first-order chi connectivity index (χ1) is 11.2. The molecule has 4 atom stereocenters. The van der Waals surface area contributed by atoms with Gasteiger partial charge in [-0.1, -0.05) is 13.8 Å². The summed E-state index contributed by atoms with van der Waals surface area (Å²) < 4.78 is 5.12. The van der Waals surface area contributed by atoms with Crippen molar-refractivity contribution in [1.82, 2.24) is 4.90 Å². The van der Waals surface area contributed by atoms with Crippen molar-refractivity contribution >= 4 is 23.6 Å². The fourth-order valence-electron chi connectivity index (χ4n) is 2.94. The molecule has 6 N–H and O–H groups in total. The standard InChI is InChI=1S/C15H25N5O4/c1-7(2)6-8(16)13(22)20-9(4-3-5-19-15(17)18)10(21)11-12(24-11)14(20)23/h7-9,11-12H,3-6,16H2,1-2H3,(H4,17,18,19)/t8-,9?,11?,12?/m0/s1. The van der Waals surface area contributed by atoms with E-state index in [1.54, 1.807) is 0 Å². The summed E-state index contributed by atoms with van der Waals surface area (Å²) in [6, 6.07) is -1.68. The maximum absolute atomic E-state index is 12.6. The Hall–Kier alpha value is -2.00. The molecule has 0 aromatic carbocycles. The number of epoxide rings is 1. The van der Waals surface area contributed by atoms with Crippen molar-refractivity contribution in [3.05, 3.63) is 0 Å². The molecule has 0 saturated carbocycles. The predicted octanol–water partition coefficient (Wildman–Crippen LogP) is -1.51. The molecule has 0 bridgehead atoms. The van der Waals surface area contributed by atoms with Crippen LogP contribution in [0.25, 0.3) is 0 Å². The summed E-state index contributed by atoms with van der Waals surface area (Å²) >= 11 is 0. The van der Waals surface area contributed by atoms with Crippen molar-refractivity contribution in [3.8, 4) is 0 Å². The summed E-state index contributed by atoms with van der Waals surface area (Å²) in [5.41, 5.74) is 16.4. The predicted molar refractivity (Wildman–Crippen MR) is 86.7 cm³/mol. The van der Waals surface area contributed by atoms with Gasteiger partial charge in [0.15, 0.2) is 24.0 Å². The number of rotatable bonds is 7. The van der Waals surface area contributed by atoms with Crippen molar-refractivity contribution < 1.29 is 19.1 Å². The molecule has 0 aromatic rings. The van der Waals surface area contributed by atoms with Crippen LogP contribution in [-0.4, -0.2) is 59.3 Å². The van der Waals surface area contributed by atoms with Crippen molar-refractivity contribution in [2.75, 3.05) is 6.54 Å². The van der Waals surface area contributed by atoms with Crippen molar-refractivity contribution in [3.63, 3.8) is 0 Å². The number of guanidine groups is 1. The molecule has 2 aliphatic rings. The Balaban J connectivity index is 2.10. The number of carbonyl (C=O) groups is 3. The number of nitrogens with zero attached hydrogens (tertiary/aromatic N) is 2. The summed E-state index contributed by atoms with van der Waals surface area (Å²) in [4.78, 5) is 42.3. The van der Waals surface area contributed by atoms with E-state index in [1.807, 2.05) is 13.8 Å². The molecule has 2 heterocycles. The average Bonchev–Trinajstić information content (AvgIpc) is 3.27. The van der Waals surface area contributed by atoms with Gasteiger partial charge in [-0.25, -0.2) is 0 Å². The van der Waals surface area contributed by atoms with E-state index >= 15 is 0 Å². The van der Waals surface area contributed by atoms with Crippen LogP contribution in [0.2, 0.25) is 0 Å². The maximum Gasteiger partial charge on any atom is 0.262 e. The minimum atomic E-state index is -0.860. The number of piperidine rings is 1. The maximum atomic E-state index is 12.6. The van der Waals surface area contributed by atoms with E-state index in [2.05, 4.69) is 4.99 Å². The Labute approximate surface area is 140 Å². The Morgan fingerprint density at radius 3 is 2.54 bits per heavy atom. The molecule has 2 aliphatic heterocycles. The lowest BCUT2D eigenvalue weighted by atomic mass is 9.94. The molecule has 0 radical (unpaired) electrons. The summed E-state index contributed by atoms with van der Waals surface area (Å²) in [5.74, 6) is -1.10. The molecule has 24 heavy (non-hydrogen) atoms. The SMILES string of the molecule is CC(C)C[C@H](N)C(=O)N1C(=O)C2OC2C(=O)C1CCCN=C(N)N. The van der Waals surface area contributed by atoms with Crippen molar-refractivity contribution in [2.24, 2.45) is 28.1 Å². The van der Waals surface area contributed by atoms with Crippen LogP contribution in [0.5, 0.6) is 0 Å². The van der Waals surface area contributed by atoms with E-state index in [9.17, 15) is 14.4 Å². The zero-order valence-electron chi connectivity index (χ0n) is 14.0. The smallest absolute Gasteiger partial charge is 0.262 e. The quantitative estimate of drug-likeness (QED) is 0.220. The number of ketones is 1. The second-order valence-corrected chi connectivity index (χ2v) is 6.63. The van der Waals surface area contributed by atoms with Gasteiger partial charge in [0.1, 0.15) is 6.04 Å². The second-order valence-electron chi connectivity index (χ2n) is 6.63. The zero-order valence-corrected chi connectivity index (χ0v) is 14.0. The van der Waals surface area contributed by atoms with Crippen LogP contribution >= 0.6 is 0 Å². The van der Waals surface area contributed by atoms with Crippen molar-refractivity contribution in [1.29, 1.82) is 0 Å². The third kappa shape index (κ3) is 3.90. The Morgan fingerprint density at radius 1 is 1.29 bits per heavy atom. The number of hydrogen-bond acceptors (Lipinski definition) is 6. The number of hydrogen-bond donors (Lipinski definition) is 3. The number of likely N-dealkylation sites (tertiary alicyclic amines) is 1. The first kappa shape index (κ1) is 18.3. The number of aliphatic imine (C=N–C) groups is 1. The highest BCUT2D eigenvalue weighted by molar-refractivity contribution is 6.12. The van der Waals surface area contributed by atoms with E-state index in [0.717, 1.165) is 4.90 Å². The Kier molecular flexibility index (Phi) is 5.55. The molecular formula is C15H25N5O4. The summed E-state index contributed by atoms with van der Waals surface area (Å²) in [6.45, 7) is 4.18. The molecule has 0 aromatic heterocycles. The zero-order chi connectivity index (χ0) is 18.0. The first-order valence-electron chi connectivity index (χ1n) is 8.11. The third-order valence-corrected chi connectivity index (χ3v) is 4.10. The van der Waals surface area contributed by atoms with Gasteiger partial charge in [-0.2, -0.15) is 0 Å². The number of carbonyl (C=O) groups excluding carboxylic acids is 3. The largest absolute Gasteiger partial charge is 0.370 e. The molecule has 0 aliphatic carbocycles. The van der Waals surface area contributed by atoms with Crippen LogP contribution in [0.3, 0.4) is 0 Å². The fourth-order valence-corrected chi connectivity index (χ4v) is 2.94. The van der Waals surface area contributed by atoms with Crippen LogP contribution in [0, 0.1) is 5.92 Å². The number of nitrogens with two attached hydrogens (primary N) is 3. The molecule has 3 unspecified atom stereocenters. The molecule has 9 heteroatoms. The van der Waals surface area contributed by atoms with Gasteiger partial charge in [0.2, 0.25) is 5.91 Å². The van der Waals surface area contributed by atoms with Crippen LogP contribution in [-0.2, 0) is 19.1 Å². The van der Waals surface area contributed by atoms with E-state index in [1.165, 1.54) is 0 Å². The summed E-state index contributed by atoms with van der Waals surface area (Å²) in [5, 5.41) is 0. The molecule has 2 rings (SSSR count). The van der Waals surface area contributed by atoms with E-state index in [4.69, 9.17) is 21.9 Å². The summed E-state index contributed by atoms with van der Waals surface area (Å²) in [7, 11) is 0. The van der Waals surface area contributed by atoms with E-state index < -0.39 is 36.1 Å². The van der Waals surface area contributed by atoms with Crippen LogP contribution in [0.1, 0.15) is 33.1 Å². The van der Waals surface area contributed by atoms with Gasteiger partial charge < -0.3 is 21.9 Å². The van der Waals surface area contributed by atoms with Gasteiger partial charge in [0, 0.05) is 6.54 Å². The average molecular weight is 339 g/mol. The Morgan fingerprint density at radius 2 is 1.96 bits per heavy atom. The van der Waals surface area contributed by atoms with E-state index in [-0.39, 0.29) is 24.1 Å². The van der Waals surface area contributed by atoms with Gasteiger partial charge in [-0.05, 0) is 25.2 Å². The molecule has 9 nitrogen and oxygen atoms in total. The van der Waals surface area contributed by atoms with Gasteiger partial charge in [-0.3, -0.25) is 24.3 Å². The molecule has 2 amide bonds. The summed E-state index contributed by atoms with van der Waals surface area (Å²) in [6.07, 6.45) is -0.375. The number of fused-ring (bicyclic) bond motifs is 1. The second kappa shape index (κ2) is 7.27. The number of ether oxygens (including phenoxy) is 1. The minimum absolute atomic E-state index is 0.0430. The lowest BCUT2D eigenvalue weighted by Crippen LogP contribution is -2.59. The number of imide groups is 1. The molecular weight excluding hydrogens is 314 g/mol. The lowest BCUT2D eigenvalue weighted by molar-refractivity contribution is -0.154. The topological polar surface area (TPSA) is 157 Å². The fraction of sp³-hybridized carbons (Fsp3) is 0.733. The first-order valence-corrected chi connectivity index (χ1v) is 8.11. The normalized spacial score (nSPS) is 27.0. The minimum Gasteiger partial charge on any atom is -0.370 e. The van der Waals surface area contributed by atoms with Crippen LogP contribution < -0.4 is 17.2 Å².